The number of ether oxygens (including phenoxy) is 2. The van der Waals surface area contributed by atoms with E-state index in [2.05, 4.69) is 10.4 Å². The number of aryl methyl sites for hydroxylation is 1. The summed E-state index contributed by atoms with van der Waals surface area (Å²) in [7, 11) is -4.37. The van der Waals surface area contributed by atoms with Gasteiger partial charge in [-0.25, -0.2) is 22.6 Å². The van der Waals surface area contributed by atoms with Crippen LogP contribution in [0.15, 0.2) is 64.8 Å². The molecule has 1 atom stereocenters. The maximum Gasteiger partial charge on any atom is 0.511 e. The molecule has 14 nitrogen and oxygen atoms in total. The predicted octanol–water partition coefficient (Wildman–Crippen LogP) is 4.32. The first-order valence-corrected chi connectivity index (χ1v) is 14.9. The molecule has 242 valence electrons. The fraction of sp³-hybridized carbons (Fsp3) is 0.370. The number of sulfonamides is 1. The van der Waals surface area contributed by atoms with Crippen LogP contribution < -0.4 is 4.72 Å². The van der Waals surface area contributed by atoms with Gasteiger partial charge in [-0.1, -0.05) is 29.8 Å². The molecular weight excluding hydrogens is 625 g/mol. The molecule has 2 aromatic carbocycles. The van der Waals surface area contributed by atoms with Gasteiger partial charge in [-0.05, 0) is 51.1 Å². The Morgan fingerprint density at radius 2 is 1.69 bits per heavy atom. The number of alkyl halides is 3. The number of nitrogens with zero attached hydrogens (tertiary/aromatic N) is 5. The highest BCUT2D eigenvalue weighted by Crippen LogP contribution is 2.33. The number of amides is 1. The lowest BCUT2D eigenvalue weighted by Gasteiger charge is -2.32. The first-order chi connectivity index (χ1) is 21.0. The molecule has 1 fully saturated rings. The van der Waals surface area contributed by atoms with Crippen molar-refractivity contribution in [3.05, 3.63) is 71.1 Å². The SMILES string of the molecule is Cc1ccc(-c2cc(C(F)(F)F)nn2-c2ccc(S(=O)(=O)NC(=O)C3CN(/[N+]([O-])=N\OC(C)OC(=O)OC(C)C)C3)cc2)cc1. The zero-order valence-electron chi connectivity index (χ0n) is 24.4. The number of carbonyl (C=O) groups excluding carboxylic acids is 2. The third-order valence-electron chi connectivity index (χ3n) is 6.31. The van der Waals surface area contributed by atoms with Crippen molar-refractivity contribution in [1.82, 2.24) is 19.5 Å². The maximum atomic E-state index is 13.5. The van der Waals surface area contributed by atoms with Crippen molar-refractivity contribution < 1.29 is 50.5 Å². The van der Waals surface area contributed by atoms with Gasteiger partial charge < -0.3 is 14.7 Å². The van der Waals surface area contributed by atoms with Gasteiger partial charge in [0, 0.05) is 12.5 Å². The van der Waals surface area contributed by atoms with Crippen LogP contribution in [0.4, 0.5) is 18.0 Å². The van der Waals surface area contributed by atoms with E-state index in [0.29, 0.717) is 5.56 Å². The van der Waals surface area contributed by atoms with Gasteiger partial charge in [0.2, 0.25) is 11.2 Å². The molecule has 0 radical (unpaired) electrons. The van der Waals surface area contributed by atoms with Crippen molar-refractivity contribution >= 4 is 22.1 Å². The number of nitrogens with one attached hydrogen (secondary N) is 1. The van der Waals surface area contributed by atoms with E-state index in [0.717, 1.165) is 33.5 Å². The number of carbonyl (C=O) groups is 2. The summed E-state index contributed by atoms with van der Waals surface area (Å²) in [5.41, 5.74) is 0.540. The number of benzene rings is 2. The molecule has 1 unspecified atom stereocenters. The lowest BCUT2D eigenvalue weighted by atomic mass is 10.0. The smallest absolute Gasteiger partial charge is 0.511 e. The van der Waals surface area contributed by atoms with Crippen molar-refractivity contribution in [2.24, 2.45) is 11.2 Å². The standard InChI is InChI=1S/C27H29F3N6O8S/c1-16(2)42-26(38)43-18(4)44-33-36(39)34-14-20(15-34)25(37)32-45(40,41)22-11-9-21(10-12-22)35-23(13-24(31-35)27(28,29)30)19-7-5-17(3)6-8-19/h5-13,16,18,20H,14-15H2,1-4H3,(H,32,37)/b36-33+. The number of aromatic nitrogens is 2. The monoisotopic (exact) mass is 654 g/mol. The first kappa shape index (κ1) is 33.0. The van der Waals surface area contributed by atoms with Crippen molar-refractivity contribution in [3.8, 4) is 16.9 Å². The Hall–Kier alpha value is -4.87. The quantitative estimate of drug-likeness (QED) is 0.109. The predicted molar refractivity (Wildman–Crippen MR) is 148 cm³/mol. The first-order valence-electron chi connectivity index (χ1n) is 13.4. The fourth-order valence-corrected chi connectivity index (χ4v) is 5.03. The van der Waals surface area contributed by atoms with Crippen LogP contribution in [0.2, 0.25) is 0 Å². The summed E-state index contributed by atoms with van der Waals surface area (Å²) in [4.78, 5) is 28.5. The third-order valence-corrected chi connectivity index (χ3v) is 7.67. The summed E-state index contributed by atoms with van der Waals surface area (Å²) in [6, 6.07) is 12.4. The van der Waals surface area contributed by atoms with E-state index < -0.39 is 52.3 Å². The summed E-state index contributed by atoms with van der Waals surface area (Å²) in [6.45, 7) is 5.96. The molecule has 1 N–H and O–H groups in total. The molecular formula is C27H29F3N6O8S. The van der Waals surface area contributed by atoms with Crippen molar-refractivity contribution in [2.45, 2.75) is 51.2 Å². The summed E-state index contributed by atoms with van der Waals surface area (Å²) < 4.78 is 78.6. The van der Waals surface area contributed by atoms with Crippen LogP contribution in [-0.2, 0) is 35.3 Å². The van der Waals surface area contributed by atoms with Crippen LogP contribution >= 0.6 is 0 Å². The molecule has 1 saturated heterocycles. The second-order valence-corrected chi connectivity index (χ2v) is 11.9. The largest absolute Gasteiger partial charge is 0.569 e. The molecule has 0 saturated carbocycles. The third kappa shape index (κ3) is 8.20. The Bertz CT molecular complexity index is 1670. The minimum atomic E-state index is -4.71. The second kappa shape index (κ2) is 13.0. The van der Waals surface area contributed by atoms with Crippen molar-refractivity contribution in [2.75, 3.05) is 13.1 Å². The molecule has 4 rings (SSSR count). The van der Waals surface area contributed by atoms with Gasteiger partial charge >= 0.3 is 12.3 Å². The molecule has 2 heterocycles. The number of hydrogen-bond acceptors (Lipinski definition) is 10. The maximum absolute atomic E-state index is 13.5. The van der Waals surface area contributed by atoms with Gasteiger partial charge in [-0.15, -0.1) is 5.01 Å². The number of hydrazine groups is 1. The van der Waals surface area contributed by atoms with E-state index in [-0.39, 0.29) is 34.3 Å². The van der Waals surface area contributed by atoms with E-state index >= 15 is 0 Å². The van der Waals surface area contributed by atoms with Gasteiger partial charge in [0.1, 0.15) is 0 Å². The fourth-order valence-electron chi connectivity index (χ4n) is 3.98. The average Bonchev–Trinajstić information content (AvgIpc) is 3.37. The molecule has 1 aromatic heterocycles. The highest BCUT2D eigenvalue weighted by atomic mass is 32.2. The Balaban J connectivity index is 1.38. The molecule has 0 aliphatic carbocycles. The lowest BCUT2D eigenvalue weighted by Crippen LogP contribution is -2.56. The van der Waals surface area contributed by atoms with E-state index in [1.54, 1.807) is 38.1 Å². The van der Waals surface area contributed by atoms with Gasteiger partial charge in [-0.3, -0.25) is 9.63 Å². The van der Waals surface area contributed by atoms with Crippen molar-refractivity contribution in [3.63, 3.8) is 0 Å². The van der Waals surface area contributed by atoms with Gasteiger partial charge in [0.15, 0.2) is 5.69 Å². The number of hydrogen-bond donors (Lipinski definition) is 1. The zero-order valence-corrected chi connectivity index (χ0v) is 25.2. The molecule has 0 bridgehead atoms. The zero-order chi connectivity index (χ0) is 33.1. The van der Waals surface area contributed by atoms with Gasteiger partial charge in [0.05, 0.1) is 46.4 Å². The van der Waals surface area contributed by atoms with E-state index in [1.807, 2.05) is 11.6 Å². The van der Waals surface area contributed by atoms with Crippen LogP contribution in [0, 0.1) is 18.0 Å². The highest BCUT2D eigenvalue weighted by molar-refractivity contribution is 7.90. The van der Waals surface area contributed by atoms with Crippen LogP contribution in [0.1, 0.15) is 32.0 Å². The van der Waals surface area contributed by atoms with E-state index in [9.17, 15) is 36.4 Å². The molecule has 1 aliphatic rings. The Labute approximate surface area is 255 Å². The Morgan fingerprint density at radius 1 is 1.07 bits per heavy atom. The molecule has 0 spiro atoms. The lowest BCUT2D eigenvalue weighted by molar-refractivity contribution is -0.727. The molecule has 18 heteroatoms. The number of rotatable bonds is 10. The van der Waals surface area contributed by atoms with E-state index in [1.165, 1.54) is 19.1 Å². The number of halogens is 3. The second-order valence-electron chi connectivity index (χ2n) is 10.3. The minimum Gasteiger partial charge on any atom is -0.569 e. The highest BCUT2D eigenvalue weighted by Gasteiger charge is 2.40. The molecule has 1 amide bonds. The van der Waals surface area contributed by atoms with Crippen LogP contribution in [-0.4, -0.2) is 65.7 Å². The van der Waals surface area contributed by atoms with Crippen LogP contribution in [0.5, 0.6) is 0 Å². The summed E-state index contributed by atoms with van der Waals surface area (Å²) in [6.07, 6.45) is -7.42. The van der Waals surface area contributed by atoms with Crippen molar-refractivity contribution in [1.29, 1.82) is 0 Å². The summed E-state index contributed by atoms with van der Waals surface area (Å²) >= 11 is 0. The summed E-state index contributed by atoms with van der Waals surface area (Å²) in [5, 5.41) is 20.0. The van der Waals surface area contributed by atoms with Gasteiger partial charge in [0.25, 0.3) is 16.3 Å². The minimum absolute atomic E-state index is 0.0228. The normalized spacial score (nSPS) is 14.9. The molecule has 3 aromatic rings. The van der Waals surface area contributed by atoms with Gasteiger partial charge in [-0.2, -0.15) is 18.3 Å². The topological polar surface area (TPSA) is 167 Å². The molecule has 45 heavy (non-hydrogen) atoms. The Morgan fingerprint density at radius 3 is 2.27 bits per heavy atom. The van der Waals surface area contributed by atoms with Crippen LogP contribution in [0.3, 0.4) is 0 Å². The van der Waals surface area contributed by atoms with E-state index in [4.69, 9.17) is 14.3 Å². The summed E-state index contributed by atoms with van der Waals surface area (Å²) in [5.74, 6) is -1.77. The Kier molecular flexibility index (Phi) is 9.55. The average molecular weight is 655 g/mol. The molecule has 1 aliphatic heterocycles. The van der Waals surface area contributed by atoms with Crippen LogP contribution in [0.25, 0.3) is 16.9 Å².